The molecular formula is C9H15N3S. The Hall–Kier alpha value is -0.770. The van der Waals surface area contributed by atoms with E-state index in [1.165, 1.54) is 6.42 Å². The van der Waals surface area contributed by atoms with Gasteiger partial charge in [-0.1, -0.05) is 6.92 Å². The Kier molecular flexibility index (Phi) is 4.02. The van der Waals surface area contributed by atoms with Crippen LogP contribution in [0.15, 0.2) is 11.1 Å². The molecule has 0 atom stereocenters. The molecule has 0 radical (unpaired) electrons. The highest BCUT2D eigenvalue weighted by Gasteiger charge is 1.99. The summed E-state index contributed by atoms with van der Waals surface area (Å²) in [7, 11) is 1.87. The summed E-state index contributed by atoms with van der Waals surface area (Å²) in [5, 5.41) is 4.07. The first-order valence-corrected chi connectivity index (χ1v) is 5.41. The first-order valence-electron chi connectivity index (χ1n) is 4.42. The molecule has 0 fully saturated rings. The molecule has 0 unspecified atom stereocenters. The SMILES string of the molecule is CCCSc1cc(NC)nc(C)n1. The third kappa shape index (κ3) is 3.22. The van der Waals surface area contributed by atoms with E-state index in [1.807, 2.05) is 20.0 Å². The van der Waals surface area contributed by atoms with Crippen LogP contribution in [0.2, 0.25) is 0 Å². The Bertz CT molecular complexity index is 276. The highest BCUT2D eigenvalue weighted by atomic mass is 32.2. The van der Waals surface area contributed by atoms with Gasteiger partial charge in [-0.15, -0.1) is 11.8 Å². The molecule has 0 spiro atoms. The number of nitrogens with one attached hydrogen (secondary N) is 1. The second-order valence-corrected chi connectivity index (χ2v) is 3.85. The van der Waals surface area contributed by atoms with Crippen molar-refractivity contribution in [2.75, 3.05) is 18.1 Å². The van der Waals surface area contributed by atoms with E-state index in [-0.39, 0.29) is 0 Å². The minimum absolute atomic E-state index is 0.824. The highest BCUT2D eigenvalue weighted by Crippen LogP contribution is 2.18. The van der Waals surface area contributed by atoms with Crippen molar-refractivity contribution >= 4 is 17.6 Å². The molecule has 0 saturated heterocycles. The maximum atomic E-state index is 4.33. The van der Waals surface area contributed by atoms with E-state index in [0.29, 0.717) is 0 Å². The van der Waals surface area contributed by atoms with Gasteiger partial charge >= 0.3 is 0 Å². The fourth-order valence-corrected chi connectivity index (χ4v) is 1.75. The molecule has 13 heavy (non-hydrogen) atoms. The summed E-state index contributed by atoms with van der Waals surface area (Å²) in [4.78, 5) is 8.56. The third-order valence-corrected chi connectivity index (χ3v) is 2.64. The summed E-state index contributed by atoms with van der Waals surface area (Å²) < 4.78 is 0. The standard InChI is InChI=1S/C9H15N3S/c1-4-5-13-9-6-8(10-3)11-7(2)12-9/h6H,4-5H2,1-3H3,(H,10,11,12). The number of hydrogen-bond acceptors (Lipinski definition) is 4. The fraction of sp³-hybridized carbons (Fsp3) is 0.556. The van der Waals surface area contributed by atoms with Crippen molar-refractivity contribution in [3.63, 3.8) is 0 Å². The third-order valence-electron chi connectivity index (χ3n) is 1.52. The molecule has 1 aromatic heterocycles. The van der Waals surface area contributed by atoms with Crippen molar-refractivity contribution in [3.8, 4) is 0 Å². The van der Waals surface area contributed by atoms with Crippen molar-refractivity contribution in [2.45, 2.75) is 25.3 Å². The second-order valence-electron chi connectivity index (χ2n) is 2.74. The van der Waals surface area contributed by atoms with Gasteiger partial charge in [-0.05, 0) is 19.1 Å². The van der Waals surface area contributed by atoms with Gasteiger partial charge in [-0.2, -0.15) is 0 Å². The summed E-state index contributed by atoms with van der Waals surface area (Å²) in [6.45, 7) is 4.08. The number of thioether (sulfide) groups is 1. The lowest BCUT2D eigenvalue weighted by Crippen LogP contribution is -1.97. The predicted octanol–water partition coefficient (Wildman–Crippen LogP) is 2.33. The maximum Gasteiger partial charge on any atom is 0.130 e. The minimum Gasteiger partial charge on any atom is -0.373 e. The Morgan fingerprint density at radius 3 is 2.85 bits per heavy atom. The van der Waals surface area contributed by atoms with Crippen molar-refractivity contribution < 1.29 is 0 Å². The summed E-state index contributed by atoms with van der Waals surface area (Å²) >= 11 is 1.77. The summed E-state index contributed by atoms with van der Waals surface area (Å²) in [5.41, 5.74) is 0. The quantitative estimate of drug-likeness (QED) is 0.594. The van der Waals surface area contributed by atoms with Gasteiger partial charge in [0.15, 0.2) is 0 Å². The maximum absolute atomic E-state index is 4.33. The molecule has 1 aromatic rings. The van der Waals surface area contributed by atoms with Crippen molar-refractivity contribution in [1.29, 1.82) is 0 Å². The lowest BCUT2D eigenvalue weighted by Gasteiger charge is -2.03. The second kappa shape index (κ2) is 5.07. The predicted molar refractivity (Wildman–Crippen MR) is 57.3 cm³/mol. The average molecular weight is 197 g/mol. The molecule has 1 heterocycles. The van der Waals surface area contributed by atoms with Gasteiger partial charge in [0.1, 0.15) is 16.7 Å². The molecule has 0 aromatic carbocycles. The van der Waals surface area contributed by atoms with Crippen LogP contribution in [0.4, 0.5) is 5.82 Å². The molecule has 0 bridgehead atoms. The van der Waals surface area contributed by atoms with Crippen molar-refractivity contribution in [1.82, 2.24) is 9.97 Å². The van der Waals surface area contributed by atoms with Gasteiger partial charge in [-0.3, -0.25) is 0 Å². The van der Waals surface area contributed by atoms with Crippen molar-refractivity contribution in [2.24, 2.45) is 0 Å². The summed E-state index contributed by atoms with van der Waals surface area (Å²) in [5.74, 6) is 2.83. The van der Waals surface area contributed by atoms with Gasteiger partial charge < -0.3 is 5.32 Å². The lowest BCUT2D eigenvalue weighted by molar-refractivity contribution is 0.966. The van der Waals surface area contributed by atoms with Crippen LogP contribution in [0, 0.1) is 6.92 Å². The largest absolute Gasteiger partial charge is 0.373 e. The van der Waals surface area contributed by atoms with Crippen LogP contribution in [0.5, 0.6) is 0 Å². The number of aromatic nitrogens is 2. The molecule has 0 saturated carbocycles. The number of nitrogens with zero attached hydrogens (tertiary/aromatic N) is 2. The zero-order valence-corrected chi connectivity index (χ0v) is 9.11. The topological polar surface area (TPSA) is 37.8 Å². The van der Waals surface area contributed by atoms with Crippen LogP contribution in [-0.4, -0.2) is 22.8 Å². The monoisotopic (exact) mass is 197 g/mol. The van der Waals surface area contributed by atoms with Gasteiger partial charge in [0.2, 0.25) is 0 Å². The van der Waals surface area contributed by atoms with Crippen LogP contribution in [-0.2, 0) is 0 Å². The normalized spacial score (nSPS) is 10.1. The van der Waals surface area contributed by atoms with Crippen LogP contribution in [0.25, 0.3) is 0 Å². The zero-order valence-electron chi connectivity index (χ0n) is 8.29. The van der Waals surface area contributed by atoms with E-state index in [0.717, 1.165) is 22.4 Å². The highest BCUT2D eigenvalue weighted by molar-refractivity contribution is 7.99. The molecule has 0 aliphatic heterocycles. The molecule has 4 heteroatoms. The van der Waals surface area contributed by atoms with Crippen LogP contribution in [0.3, 0.4) is 0 Å². The number of aryl methyl sites for hydroxylation is 1. The van der Waals surface area contributed by atoms with Crippen LogP contribution in [0.1, 0.15) is 19.2 Å². The Balaban J connectivity index is 2.76. The average Bonchev–Trinajstić information content (AvgIpc) is 2.14. The van der Waals surface area contributed by atoms with E-state index >= 15 is 0 Å². The minimum atomic E-state index is 0.824. The number of anilines is 1. The van der Waals surface area contributed by atoms with Gasteiger partial charge in [0.25, 0.3) is 0 Å². The van der Waals surface area contributed by atoms with Gasteiger partial charge in [0.05, 0.1) is 0 Å². The van der Waals surface area contributed by atoms with E-state index in [4.69, 9.17) is 0 Å². The Labute approximate surface area is 83.4 Å². The van der Waals surface area contributed by atoms with Crippen LogP contribution >= 0.6 is 11.8 Å². The molecule has 72 valence electrons. The number of rotatable bonds is 4. The fourth-order valence-electron chi connectivity index (χ4n) is 0.949. The molecule has 0 aliphatic rings. The number of hydrogen-bond donors (Lipinski definition) is 1. The van der Waals surface area contributed by atoms with Gasteiger partial charge in [0, 0.05) is 13.1 Å². The molecular weight excluding hydrogens is 182 g/mol. The summed E-state index contributed by atoms with van der Waals surface area (Å²) in [6, 6.07) is 1.98. The van der Waals surface area contributed by atoms with E-state index in [1.54, 1.807) is 11.8 Å². The molecule has 0 amide bonds. The Morgan fingerprint density at radius 2 is 2.23 bits per heavy atom. The first kappa shape index (κ1) is 10.3. The molecule has 3 nitrogen and oxygen atoms in total. The van der Waals surface area contributed by atoms with Crippen LogP contribution < -0.4 is 5.32 Å². The first-order chi connectivity index (χ1) is 6.26. The zero-order chi connectivity index (χ0) is 9.68. The van der Waals surface area contributed by atoms with E-state index < -0.39 is 0 Å². The molecule has 1 rings (SSSR count). The van der Waals surface area contributed by atoms with Gasteiger partial charge in [-0.25, -0.2) is 9.97 Å². The van der Waals surface area contributed by atoms with E-state index in [2.05, 4.69) is 22.2 Å². The van der Waals surface area contributed by atoms with E-state index in [9.17, 15) is 0 Å². The lowest BCUT2D eigenvalue weighted by atomic mass is 10.5. The molecule has 1 N–H and O–H groups in total. The summed E-state index contributed by atoms with van der Waals surface area (Å²) in [6.07, 6.45) is 1.17. The van der Waals surface area contributed by atoms with Crippen molar-refractivity contribution in [3.05, 3.63) is 11.9 Å². The smallest absolute Gasteiger partial charge is 0.130 e. The molecule has 0 aliphatic carbocycles. The Morgan fingerprint density at radius 1 is 1.46 bits per heavy atom.